The highest BCUT2D eigenvalue weighted by molar-refractivity contribution is 6.30. The van der Waals surface area contributed by atoms with Crippen LogP contribution in [-0.2, 0) is 6.54 Å². The number of nitrogens with zero attached hydrogens (tertiary/aromatic N) is 2. The van der Waals surface area contributed by atoms with E-state index >= 15 is 0 Å². The summed E-state index contributed by atoms with van der Waals surface area (Å²) in [5, 5.41) is 0.742. The van der Waals surface area contributed by atoms with Crippen molar-refractivity contribution in [3.05, 3.63) is 34.9 Å². The molecule has 3 N–H and O–H groups in total. The molecule has 0 fully saturated rings. The number of benzene rings is 1. The maximum atomic E-state index is 5.96. The summed E-state index contributed by atoms with van der Waals surface area (Å²) in [5.41, 5.74) is 3.77. The Morgan fingerprint density at radius 1 is 1.50 bits per heavy atom. The van der Waals surface area contributed by atoms with Gasteiger partial charge in [0.1, 0.15) is 0 Å². The molecule has 0 aliphatic rings. The van der Waals surface area contributed by atoms with Gasteiger partial charge in [-0.2, -0.15) is 0 Å². The Bertz CT molecular complexity index is 392. The van der Waals surface area contributed by atoms with Gasteiger partial charge in [-0.25, -0.2) is 5.84 Å². The highest BCUT2D eigenvalue weighted by Crippen LogP contribution is 2.12. The van der Waals surface area contributed by atoms with E-state index < -0.39 is 0 Å². The Hall–Kier alpha value is -1.26. The minimum atomic E-state index is 0.698. The molecule has 0 unspecified atom stereocenters. The summed E-state index contributed by atoms with van der Waals surface area (Å²) < 4.78 is 0. The van der Waals surface area contributed by atoms with Crippen LogP contribution in [0.1, 0.15) is 25.3 Å². The molecule has 0 aromatic heterocycles. The summed E-state index contributed by atoms with van der Waals surface area (Å²) >= 11 is 5.96. The Morgan fingerprint density at radius 3 is 2.89 bits per heavy atom. The van der Waals surface area contributed by atoms with Gasteiger partial charge in [-0.1, -0.05) is 37.1 Å². The van der Waals surface area contributed by atoms with Gasteiger partial charge >= 0.3 is 0 Å². The molecule has 1 rings (SSSR count). The van der Waals surface area contributed by atoms with Gasteiger partial charge in [0.2, 0.25) is 5.96 Å². The Balaban J connectivity index is 2.61. The molecule has 1 aromatic rings. The second kappa shape index (κ2) is 7.95. The van der Waals surface area contributed by atoms with Crippen LogP contribution in [0.4, 0.5) is 0 Å². The van der Waals surface area contributed by atoms with Crippen molar-refractivity contribution in [2.45, 2.75) is 26.3 Å². The fourth-order valence-electron chi connectivity index (χ4n) is 1.60. The molecule has 100 valence electrons. The zero-order chi connectivity index (χ0) is 13.4. The predicted octanol–water partition coefficient (Wildman–Crippen LogP) is 2.39. The number of nitrogens with two attached hydrogens (primary N) is 1. The van der Waals surface area contributed by atoms with Gasteiger partial charge in [0, 0.05) is 25.2 Å². The lowest BCUT2D eigenvalue weighted by Crippen LogP contribution is -2.42. The van der Waals surface area contributed by atoms with E-state index in [0.29, 0.717) is 5.96 Å². The first-order valence-corrected chi connectivity index (χ1v) is 6.51. The molecule has 0 atom stereocenters. The summed E-state index contributed by atoms with van der Waals surface area (Å²) in [6.07, 6.45) is 2.19. The van der Waals surface area contributed by atoms with Crippen molar-refractivity contribution >= 4 is 17.6 Å². The van der Waals surface area contributed by atoms with Gasteiger partial charge in [0.25, 0.3) is 0 Å². The number of hydrogen-bond acceptors (Lipinski definition) is 2. The van der Waals surface area contributed by atoms with Crippen molar-refractivity contribution in [2.24, 2.45) is 10.8 Å². The van der Waals surface area contributed by atoms with Gasteiger partial charge in [-0.3, -0.25) is 10.4 Å². The summed E-state index contributed by atoms with van der Waals surface area (Å²) in [6, 6.07) is 7.78. The first kappa shape index (κ1) is 14.8. The van der Waals surface area contributed by atoms with Gasteiger partial charge in [-0.15, -0.1) is 0 Å². The average Bonchev–Trinajstić information content (AvgIpc) is 2.34. The van der Waals surface area contributed by atoms with Gasteiger partial charge in [-0.05, 0) is 24.1 Å². The summed E-state index contributed by atoms with van der Waals surface area (Å²) in [7, 11) is 1.95. The number of aliphatic imine (C=N–C) groups is 1. The van der Waals surface area contributed by atoms with Gasteiger partial charge in [0.15, 0.2) is 0 Å². The van der Waals surface area contributed by atoms with Crippen molar-refractivity contribution in [2.75, 3.05) is 13.6 Å². The Morgan fingerprint density at radius 2 is 2.28 bits per heavy atom. The first-order valence-electron chi connectivity index (χ1n) is 6.14. The van der Waals surface area contributed by atoms with Crippen molar-refractivity contribution < 1.29 is 0 Å². The Labute approximate surface area is 114 Å². The zero-order valence-electron chi connectivity index (χ0n) is 11.0. The van der Waals surface area contributed by atoms with Crippen LogP contribution >= 0.6 is 11.6 Å². The number of hydrogen-bond donors (Lipinski definition) is 2. The number of hydrazine groups is 1. The van der Waals surface area contributed by atoms with E-state index in [4.69, 9.17) is 17.4 Å². The Kier molecular flexibility index (Phi) is 6.54. The molecule has 18 heavy (non-hydrogen) atoms. The lowest BCUT2D eigenvalue weighted by Gasteiger charge is -2.20. The number of guanidine groups is 1. The third kappa shape index (κ3) is 4.94. The molecule has 0 aliphatic heterocycles. The van der Waals surface area contributed by atoms with E-state index in [2.05, 4.69) is 17.3 Å². The minimum Gasteiger partial charge on any atom is -0.341 e. The molecule has 0 amide bonds. The summed E-state index contributed by atoms with van der Waals surface area (Å²) in [4.78, 5) is 6.40. The predicted molar refractivity (Wildman–Crippen MR) is 77.5 cm³/mol. The number of nitrogens with one attached hydrogen (secondary N) is 1. The number of halogens is 1. The smallest absolute Gasteiger partial charge is 0.208 e. The van der Waals surface area contributed by atoms with Gasteiger partial charge in [0.05, 0.1) is 0 Å². The van der Waals surface area contributed by atoms with Crippen LogP contribution in [0.5, 0.6) is 0 Å². The van der Waals surface area contributed by atoms with E-state index in [9.17, 15) is 0 Å². The SMILES string of the molecule is CCCCN=C(NN)N(C)Cc1cccc(Cl)c1. The van der Waals surface area contributed by atoms with Gasteiger partial charge < -0.3 is 4.90 Å². The second-order valence-corrected chi connectivity index (χ2v) is 4.63. The highest BCUT2D eigenvalue weighted by atomic mass is 35.5. The van der Waals surface area contributed by atoms with Crippen molar-refractivity contribution in [1.29, 1.82) is 0 Å². The molecule has 0 saturated carbocycles. The van der Waals surface area contributed by atoms with Crippen molar-refractivity contribution in [1.82, 2.24) is 10.3 Å². The quantitative estimate of drug-likeness (QED) is 0.283. The third-order valence-electron chi connectivity index (χ3n) is 2.57. The van der Waals surface area contributed by atoms with E-state index in [1.54, 1.807) is 0 Å². The maximum absolute atomic E-state index is 5.96. The van der Waals surface area contributed by atoms with Crippen LogP contribution in [-0.4, -0.2) is 24.5 Å². The van der Waals surface area contributed by atoms with Crippen LogP contribution in [0.2, 0.25) is 5.02 Å². The normalized spacial score (nSPS) is 11.4. The van der Waals surface area contributed by atoms with E-state index in [1.807, 2.05) is 36.2 Å². The van der Waals surface area contributed by atoms with Crippen LogP contribution < -0.4 is 11.3 Å². The third-order valence-corrected chi connectivity index (χ3v) is 2.81. The monoisotopic (exact) mass is 268 g/mol. The molecule has 5 heteroatoms. The summed E-state index contributed by atoms with van der Waals surface area (Å²) in [6.45, 7) is 3.65. The lowest BCUT2D eigenvalue weighted by atomic mass is 10.2. The molecule has 0 spiro atoms. The number of unbranched alkanes of at least 4 members (excludes halogenated alkanes) is 1. The topological polar surface area (TPSA) is 53.6 Å². The van der Waals surface area contributed by atoms with E-state index in [1.165, 1.54) is 0 Å². The van der Waals surface area contributed by atoms with Crippen LogP contribution in [0, 0.1) is 0 Å². The lowest BCUT2D eigenvalue weighted by molar-refractivity contribution is 0.476. The van der Waals surface area contributed by atoms with Crippen LogP contribution in [0.25, 0.3) is 0 Å². The minimum absolute atomic E-state index is 0.698. The summed E-state index contributed by atoms with van der Waals surface area (Å²) in [5.74, 6) is 6.19. The van der Waals surface area contributed by atoms with E-state index in [-0.39, 0.29) is 0 Å². The molecule has 0 bridgehead atoms. The average molecular weight is 269 g/mol. The largest absolute Gasteiger partial charge is 0.341 e. The number of rotatable bonds is 5. The first-order chi connectivity index (χ1) is 8.67. The van der Waals surface area contributed by atoms with Crippen LogP contribution in [0.15, 0.2) is 29.3 Å². The van der Waals surface area contributed by atoms with Crippen molar-refractivity contribution in [3.63, 3.8) is 0 Å². The van der Waals surface area contributed by atoms with Crippen LogP contribution in [0.3, 0.4) is 0 Å². The zero-order valence-corrected chi connectivity index (χ0v) is 11.7. The molecule has 1 aromatic carbocycles. The molecule has 0 heterocycles. The second-order valence-electron chi connectivity index (χ2n) is 4.19. The molecule has 0 radical (unpaired) electrons. The fraction of sp³-hybridized carbons (Fsp3) is 0.462. The fourth-order valence-corrected chi connectivity index (χ4v) is 1.82. The molecular formula is C13H21ClN4. The molecule has 4 nitrogen and oxygen atoms in total. The standard InChI is InChI=1S/C13H21ClN4/c1-3-4-8-16-13(17-15)18(2)10-11-6-5-7-12(14)9-11/h5-7,9H,3-4,8,10,15H2,1-2H3,(H,16,17). The molecule has 0 saturated heterocycles. The maximum Gasteiger partial charge on any atom is 0.208 e. The highest BCUT2D eigenvalue weighted by Gasteiger charge is 2.05. The molecular weight excluding hydrogens is 248 g/mol. The molecule has 0 aliphatic carbocycles. The van der Waals surface area contributed by atoms with E-state index in [0.717, 1.165) is 36.5 Å². The van der Waals surface area contributed by atoms with Crippen molar-refractivity contribution in [3.8, 4) is 0 Å².